The molecular weight excluding hydrogens is 207 g/mol. The number of hydrogen-bond donors (Lipinski definition) is 1. The van der Waals surface area contributed by atoms with E-state index in [1.165, 1.54) is 12.8 Å². The number of halogens is 2. The van der Waals surface area contributed by atoms with Crippen molar-refractivity contribution in [2.75, 3.05) is 0 Å². The average Bonchev–Trinajstić information content (AvgIpc) is 2.86. The standard InChI is InChI=1S/C9H11ClN2.ClH/c10-9-7(2-1-5-12-9)8(11)6-3-4-6;/h1-2,5-6,8H,3-4,11H2;1H/t8-;/m0./s1. The first-order valence-electron chi connectivity index (χ1n) is 4.15. The van der Waals surface area contributed by atoms with Crippen molar-refractivity contribution in [3.63, 3.8) is 0 Å². The molecular formula is C9H12Cl2N2. The second-order valence-electron chi connectivity index (χ2n) is 3.25. The van der Waals surface area contributed by atoms with Gasteiger partial charge in [0, 0.05) is 17.8 Å². The summed E-state index contributed by atoms with van der Waals surface area (Å²) in [4.78, 5) is 4.00. The topological polar surface area (TPSA) is 38.9 Å². The van der Waals surface area contributed by atoms with Crippen molar-refractivity contribution in [2.45, 2.75) is 18.9 Å². The highest BCUT2D eigenvalue weighted by Crippen LogP contribution is 2.40. The maximum Gasteiger partial charge on any atom is 0.133 e. The van der Waals surface area contributed by atoms with Crippen molar-refractivity contribution < 1.29 is 0 Å². The van der Waals surface area contributed by atoms with Crippen LogP contribution < -0.4 is 5.73 Å². The van der Waals surface area contributed by atoms with Crippen LogP contribution in [0.2, 0.25) is 5.15 Å². The fourth-order valence-electron chi connectivity index (χ4n) is 1.36. The van der Waals surface area contributed by atoms with E-state index < -0.39 is 0 Å². The summed E-state index contributed by atoms with van der Waals surface area (Å²) >= 11 is 5.90. The molecule has 0 radical (unpaired) electrons. The van der Waals surface area contributed by atoms with Crippen LogP contribution in [0, 0.1) is 5.92 Å². The fourth-order valence-corrected chi connectivity index (χ4v) is 1.60. The zero-order valence-corrected chi connectivity index (χ0v) is 8.68. The van der Waals surface area contributed by atoms with Crippen LogP contribution in [-0.2, 0) is 0 Å². The SMILES string of the molecule is Cl.N[C@H](c1cccnc1Cl)C1CC1. The predicted octanol–water partition coefficient (Wildman–Crippen LogP) is 2.57. The monoisotopic (exact) mass is 218 g/mol. The van der Waals surface area contributed by atoms with Crippen molar-refractivity contribution in [1.82, 2.24) is 4.98 Å². The van der Waals surface area contributed by atoms with E-state index in [-0.39, 0.29) is 18.4 Å². The lowest BCUT2D eigenvalue weighted by Gasteiger charge is -2.10. The molecule has 1 aromatic rings. The average molecular weight is 219 g/mol. The van der Waals surface area contributed by atoms with Crippen LogP contribution in [0.5, 0.6) is 0 Å². The minimum atomic E-state index is 0. The van der Waals surface area contributed by atoms with E-state index in [0.29, 0.717) is 11.1 Å². The minimum Gasteiger partial charge on any atom is -0.324 e. The highest BCUT2D eigenvalue weighted by atomic mass is 35.5. The van der Waals surface area contributed by atoms with Gasteiger partial charge >= 0.3 is 0 Å². The number of hydrogen-bond acceptors (Lipinski definition) is 2. The lowest BCUT2D eigenvalue weighted by molar-refractivity contribution is 0.631. The van der Waals surface area contributed by atoms with Crippen molar-refractivity contribution in [1.29, 1.82) is 0 Å². The zero-order chi connectivity index (χ0) is 8.55. The molecule has 2 N–H and O–H groups in total. The molecule has 72 valence electrons. The van der Waals surface area contributed by atoms with Gasteiger partial charge in [0.05, 0.1) is 0 Å². The predicted molar refractivity (Wildman–Crippen MR) is 56.1 cm³/mol. The molecule has 1 aromatic heterocycles. The first kappa shape index (κ1) is 10.8. The maximum atomic E-state index is 5.98. The maximum absolute atomic E-state index is 5.98. The first-order valence-corrected chi connectivity index (χ1v) is 4.53. The first-order chi connectivity index (χ1) is 5.79. The molecule has 0 amide bonds. The summed E-state index contributed by atoms with van der Waals surface area (Å²) in [6.07, 6.45) is 4.14. The molecule has 0 unspecified atom stereocenters. The molecule has 4 heteroatoms. The van der Waals surface area contributed by atoms with E-state index >= 15 is 0 Å². The van der Waals surface area contributed by atoms with Crippen LogP contribution in [0.1, 0.15) is 24.4 Å². The Morgan fingerprint density at radius 3 is 2.77 bits per heavy atom. The third-order valence-electron chi connectivity index (χ3n) is 2.28. The Morgan fingerprint density at radius 1 is 1.54 bits per heavy atom. The highest BCUT2D eigenvalue weighted by molar-refractivity contribution is 6.30. The lowest BCUT2D eigenvalue weighted by atomic mass is 10.1. The van der Waals surface area contributed by atoms with Crippen molar-refractivity contribution in [2.24, 2.45) is 11.7 Å². The molecule has 1 aliphatic rings. The minimum absolute atomic E-state index is 0. The molecule has 1 fully saturated rings. The quantitative estimate of drug-likeness (QED) is 0.776. The number of pyridine rings is 1. The second-order valence-corrected chi connectivity index (χ2v) is 3.60. The summed E-state index contributed by atoms with van der Waals surface area (Å²) in [5.41, 5.74) is 6.96. The Labute approximate surface area is 88.9 Å². The van der Waals surface area contributed by atoms with Gasteiger partial charge in [-0.25, -0.2) is 4.98 Å². The molecule has 2 rings (SSSR count). The van der Waals surface area contributed by atoms with Gasteiger partial charge in [-0.15, -0.1) is 12.4 Å². The van der Waals surface area contributed by atoms with Gasteiger partial charge in [-0.05, 0) is 24.8 Å². The molecule has 0 spiro atoms. The van der Waals surface area contributed by atoms with Crippen LogP contribution in [0.3, 0.4) is 0 Å². The van der Waals surface area contributed by atoms with Crippen LogP contribution >= 0.6 is 24.0 Å². The second kappa shape index (κ2) is 4.27. The van der Waals surface area contributed by atoms with E-state index in [1.54, 1.807) is 6.20 Å². The van der Waals surface area contributed by atoms with E-state index in [9.17, 15) is 0 Å². The molecule has 1 heterocycles. The Hall–Kier alpha value is -0.310. The molecule has 1 aliphatic carbocycles. The summed E-state index contributed by atoms with van der Waals surface area (Å²) < 4.78 is 0. The smallest absolute Gasteiger partial charge is 0.133 e. The number of aromatic nitrogens is 1. The fraction of sp³-hybridized carbons (Fsp3) is 0.444. The largest absolute Gasteiger partial charge is 0.324 e. The number of nitrogens with zero attached hydrogens (tertiary/aromatic N) is 1. The van der Waals surface area contributed by atoms with Gasteiger partial charge in [-0.3, -0.25) is 0 Å². The summed E-state index contributed by atoms with van der Waals surface area (Å²) in [6.45, 7) is 0. The van der Waals surface area contributed by atoms with Crippen molar-refractivity contribution in [3.05, 3.63) is 29.0 Å². The molecule has 1 atom stereocenters. The molecule has 0 saturated heterocycles. The van der Waals surface area contributed by atoms with Gasteiger partial charge in [0.1, 0.15) is 5.15 Å². The van der Waals surface area contributed by atoms with Crippen LogP contribution in [-0.4, -0.2) is 4.98 Å². The molecule has 0 aromatic carbocycles. The highest BCUT2D eigenvalue weighted by Gasteiger charge is 2.30. The lowest BCUT2D eigenvalue weighted by Crippen LogP contribution is -2.13. The number of rotatable bonds is 2. The van der Waals surface area contributed by atoms with Crippen molar-refractivity contribution in [3.8, 4) is 0 Å². The van der Waals surface area contributed by atoms with Gasteiger partial charge in [-0.1, -0.05) is 17.7 Å². The molecule has 0 aliphatic heterocycles. The van der Waals surface area contributed by atoms with Gasteiger partial charge < -0.3 is 5.73 Å². The van der Waals surface area contributed by atoms with Crippen LogP contribution in [0.4, 0.5) is 0 Å². The summed E-state index contributed by atoms with van der Waals surface area (Å²) in [5.74, 6) is 0.631. The van der Waals surface area contributed by atoms with E-state index in [4.69, 9.17) is 17.3 Å². The van der Waals surface area contributed by atoms with Crippen molar-refractivity contribution >= 4 is 24.0 Å². The zero-order valence-electron chi connectivity index (χ0n) is 7.11. The molecule has 13 heavy (non-hydrogen) atoms. The molecule has 1 saturated carbocycles. The van der Waals surface area contributed by atoms with E-state index in [1.807, 2.05) is 12.1 Å². The third-order valence-corrected chi connectivity index (χ3v) is 2.59. The Kier molecular flexibility index (Phi) is 3.54. The van der Waals surface area contributed by atoms with Gasteiger partial charge in [-0.2, -0.15) is 0 Å². The Morgan fingerprint density at radius 2 is 2.23 bits per heavy atom. The molecule has 2 nitrogen and oxygen atoms in total. The summed E-state index contributed by atoms with van der Waals surface area (Å²) in [5, 5.41) is 0.553. The van der Waals surface area contributed by atoms with E-state index in [0.717, 1.165) is 5.56 Å². The number of nitrogens with two attached hydrogens (primary N) is 1. The summed E-state index contributed by atoms with van der Waals surface area (Å²) in [6, 6.07) is 3.92. The third kappa shape index (κ3) is 2.33. The Balaban J connectivity index is 0.000000845. The van der Waals surface area contributed by atoms with Crippen LogP contribution in [0.15, 0.2) is 18.3 Å². The summed E-state index contributed by atoms with van der Waals surface area (Å²) in [7, 11) is 0. The van der Waals surface area contributed by atoms with Gasteiger partial charge in [0.25, 0.3) is 0 Å². The normalized spacial score (nSPS) is 17.7. The van der Waals surface area contributed by atoms with Gasteiger partial charge in [0.15, 0.2) is 0 Å². The van der Waals surface area contributed by atoms with Gasteiger partial charge in [0.2, 0.25) is 0 Å². The van der Waals surface area contributed by atoms with Crippen LogP contribution in [0.25, 0.3) is 0 Å². The van der Waals surface area contributed by atoms with E-state index in [2.05, 4.69) is 4.98 Å². The Bertz CT molecular complexity index is 287. The molecule has 0 bridgehead atoms.